The summed E-state index contributed by atoms with van der Waals surface area (Å²) in [7, 11) is 0. The summed E-state index contributed by atoms with van der Waals surface area (Å²) in [4.78, 5) is 11.6. The summed E-state index contributed by atoms with van der Waals surface area (Å²) in [6.07, 6.45) is 2.07. The van der Waals surface area contributed by atoms with Crippen molar-refractivity contribution in [2.75, 3.05) is 13.2 Å². The molecule has 0 aliphatic carbocycles. The molecule has 0 aliphatic heterocycles. The lowest BCUT2D eigenvalue weighted by Gasteiger charge is -2.12. The van der Waals surface area contributed by atoms with Gasteiger partial charge in [-0.25, -0.2) is 0 Å². The fraction of sp³-hybridized carbons (Fsp3) is 0.385. The van der Waals surface area contributed by atoms with Crippen molar-refractivity contribution in [3.05, 3.63) is 28.2 Å². The zero-order valence-electron chi connectivity index (χ0n) is 11.5. The molecule has 0 atom stereocenters. The van der Waals surface area contributed by atoms with Crippen molar-refractivity contribution in [3.8, 4) is 5.75 Å². The van der Waals surface area contributed by atoms with Crippen LogP contribution in [0.1, 0.15) is 19.8 Å². The van der Waals surface area contributed by atoms with Gasteiger partial charge in [0.25, 0.3) is 5.91 Å². The Morgan fingerprint density at radius 2 is 2.10 bits per heavy atom. The van der Waals surface area contributed by atoms with Gasteiger partial charge in [-0.05, 0) is 30.8 Å². The molecule has 21 heavy (non-hydrogen) atoms. The van der Waals surface area contributed by atoms with E-state index in [4.69, 9.17) is 40.2 Å². The molecule has 5 nitrogen and oxygen atoms in total. The second kappa shape index (κ2) is 9.65. The van der Waals surface area contributed by atoms with Gasteiger partial charge in [0, 0.05) is 17.6 Å². The molecule has 0 heterocycles. The van der Waals surface area contributed by atoms with Gasteiger partial charge in [-0.1, -0.05) is 36.5 Å². The van der Waals surface area contributed by atoms with Gasteiger partial charge in [-0.15, -0.1) is 0 Å². The van der Waals surface area contributed by atoms with Crippen LogP contribution in [0.5, 0.6) is 5.75 Å². The molecule has 116 valence electrons. The van der Waals surface area contributed by atoms with Crippen LogP contribution in [0.25, 0.3) is 0 Å². The highest BCUT2D eigenvalue weighted by Gasteiger charge is 2.07. The Labute approximate surface area is 139 Å². The van der Waals surface area contributed by atoms with Gasteiger partial charge in [-0.2, -0.15) is 0 Å². The van der Waals surface area contributed by atoms with Crippen LogP contribution in [-0.4, -0.2) is 24.2 Å². The Hall–Kier alpha value is -1.24. The van der Waals surface area contributed by atoms with Gasteiger partial charge < -0.3 is 10.1 Å². The van der Waals surface area contributed by atoms with Crippen LogP contribution in [0.4, 0.5) is 0 Å². The Balaban J connectivity index is 2.28. The number of nitrogens with one attached hydrogen (secondary N) is 3. The maximum atomic E-state index is 11.6. The van der Waals surface area contributed by atoms with Crippen LogP contribution in [-0.2, 0) is 4.79 Å². The number of hydrogen-bond donors (Lipinski definition) is 3. The van der Waals surface area contributed by atoms with Gasteiger partial charge in [0.1, 0.15) is 5.75 Å². The first-order valence-electron chi connectivity index (χ1n) is 6.43. The van der Waals surface area contributed by atoms with Gasteiger partial charge in [0.05, 0.1) is 5.02 Å². The van der Waals surface area contributed by atoms with Gasteiger partial charge in [0.2, 0.25) is 0 Å². The summed E-state index contributed by atoms with van der Waals surface area (Å²) in [5.41, 5.74) is 5.01. The molecule has 8 heteroatoms. The zero-order chi connectivity index (χ0) is 15.7. The summed E-state index contributed by atoms with van der Waals surface area (Å²) >= 11 is 16.7. The molecule has 1 aromatic rings. The van der Waals surface area contributed by atoms with Crippen molar-refractivity contribution >= 4 is 46.4 Å². The molecule has 0 radical (unpaired) electrons. The predicted octanol–water partition coefficient (Wildman–Crippen LogP) is 2.67. The molecular weight excluding hydrogens is 333 g/mol. The maximum absolute atomic E-state index is 11.6. The lowest BCUT2D eigenvalue weighted by Crippen LogP contribution is -2.48. The number of rotatable bonds is 6. The van der Waals surface area contributed by atoms with Crippen molar-refractivity contribution < 1.29 is 9.53 Å². The van der Waals surface area contributed by atoms with E-state index in [1.54, 1.807) is 18.2 Å². The average molecular weight is 350 g/mol. The summed E-state index contributed by atoms with van der Waals surface area (Å²) in [6.45, 7) is 2.63. The van der Waals surface area contributed by atoms with Crippen molar-refractivity contribution in [1.82, 2.24) is 16.2 Å². The molecule has 1 amide bonds. The summed E-state index contributed by atoms with van der Waals surface area (Å²) in [5, 5.41) is 4.18. The lowest BCUT2D eigenvalue weighted by molar-refractivity contribution is -0.123. The van der Waals surface area contributed by atoms with E-state index >= 15 is 0 Å². The van der Waals surface area contributed by atoms with E-state index in [1.807, 2.05) is 0 Å². The minimum atomic E-state index is -0.384. The summed E-state index contributed by atoms with van der Waals surface area (Å²) < 4.78 is 5.28. The van der Waals surface area contributed by atoms with Gasteiger partial charge >= 0.3 is 0 Å². The first kappa shape index (κ1) is 17.8. The van der Waals surface area contributed by atoms with E-state index in [2.05, 4.69) is 23.1 Å². The van der Waals surface area contributed by atoms with E-state index < -0.39 is 0 Å². The molecule has 0 saturated carbocycles. The zero-order valence-corrected chi connectivity index (χ0v) is 13.9. The molecular formula is C13H17Cl2N3O2S. The number of thiocarbonyl (C=S) groups is 1. The van der Waals surface area contributed by atoms with E-state index in [0.717, 1.165) is 19.4 Å². The highest BCUT2D eigenvalue weighted by Crippen LogP contribution is 2.27. The molecule has 0 bridgehead atoms. The Kier molecular flexibility index (Phi) is 8.19. The van der Waals surface area contributed by atoms with Crippen LogP contribution in [0.2, 0.25) is 10.0 Å². The molecule has 1 aromatic carbocycles. The standard InChI is InChI=1S/C13H17Cl2N3O2S/c1-2-3-6-16-13(21)18-17-12(19)8-20-11-7-9(14)4-5-10(11)15/h4-5,7H,2-3,6,8H2,1H3,(H,17,19)(H2,16,18,21). The van der Waals surface area contributed by atoms with Crippen LogP contribution in [0, 0.1) is 0 Å². The van der Waals surface area contributed by atoms with Crippen LogP contribution in [0.3, 0.4) is 0 Å². The molecule has 0 aliphatic rings. The fourth-order valence-corrected chi connectivity index (χ4v) is 1.80. The number of unbranched alkanes of at least 4 members (excludes halogenated alkanes) is 1. The number of amides is 1. The highest BCUT2D eigenvalue weighted by atomic mass is 35.5. The molecule has 1 rings (SSSR count). The molecule has 3 N–H and O–H groups in total. The molecule has 0 unspecified atom stereocenters. The maximum Gasteiger partial charge on any atom is 0.276 e. The van der Waals surface area contributed by atoms with Crippen LogP contribution in [0.15, 0.2) is 18.2 Å². The first-order chi connectivity index (χ1) is 10.0. The highest BCUT2D eigenvalue weighted by molar-refractivity contribution is 7.80. The van der Waals surface area contributed by atoms with E-state index in [1.165, 1.54) is 0 Å². The largest absolute Gasteiger partial charge is 0.482 e. The molecule has 0 aromatic heterocycles. The summed E-state index contributed by atoms with van der Waals surface area (Å²) in [5.74, 6) is -0.0337. The van der Waals surface area contributed by atoms with E-state index in [0.29, 0.717) is 20.9 Å². The fourth-order valence-electron chi connectivity index (χ4n) is 1.32. The molecule has 0 spiro atoms. The van der Waals surface area contributed by atoms with Crippen LogP contribution >= 0.6 is 35.4 Å². The number of carbonyl (C=O) groups excluding carboxylic acids is 1. The van der Waals surface area contributed by atoms with Gasteiger partial charge in [-0.3, -0.25) is 15.6 Å². The number of halogens is 2. The monoisotopic (exact) mass is 349 g/mol. The lowest BCUT2D eigenvalue weighted by atomic mass is 10.3. The number of carbonyl (C=O) groups is 1. The molecule has 0 saturated heterocycles. The quantitative estimate of drug-likeness (QED) is 0.418. The van der Waals surface area contributed by atoms with E-state index in [9.17, 15) is 4.79 Å². The number of ether oxygens (including phenoxy) is 1. The van der Waals surface area contributed by atoms with Gasteiger partial charge in [0.15, 0.2) is 11.7 Å². The third-order valence-corrected chi connectivity index (χ3v) is 3.18. The summed E-state index contributed by atoms with van der Waals surface area (Å²) in [6, 6.07) is 4.78. The number of benzene rings is 1. The normalized spacial score (nSPS) is 9.86. The SMILES string of the molecule is CCCCNC(=S)NNC(=O)COc1cc(Cl)ccc1Cl. The minimum Gasteiger partial charge on any atom is -0.482 e. The second-order valence-corrected chi connectivity index (χ2v) is 5.40. The van der Waals surface area contributed by atoms with Crippen molar-refractivity contribution in [2.45, 2.75) is 19.8 Å². The Morgan fingerprint density at radius 1 is 1.33 bits per heavy atom. The third kappa shape index (κ3) is 7.36. The topological polar surface area (TPSA) is 62.4 Å². The first-order valence-corrected chi connectivity index (χ1v) is 7.60. The smallest absolute Gasteiger partial charge is 0.276 e. The Bertz CT molecular complexity index is 500. The predicted molar refractivity (Wildman–Crippen MR) is 88.7 cm³/mol. The van der Waals surface area contributed by atoms with Crippen molar-refractivity contribution in [1.29, 1.82) is 0 Å². The minimum absolute atomic E-state index is 0.204. The van der Waals surface area contributed by atoms with Crippen LogP contribution < -0.4 is 20.9 Å². The Morgan fingerprint density at radius 3 is 2.81 bits per heavy atom. The number of hydrazine groups is 1. The van der Waals surface area contributed by atoms with E-state index in [-0.39, 0.29) is 12.5 Å². The number of hydrogen-bond acceptors (Lipinski definition) is 3. The van der Waals surface area contributed by atoms with Crippen molar-refractivity contribution in [3.63, 3.8) is 0 Å². The average Bonchev–Trinajstić information content (AvgIpc) is 2.46. The second-order valence-electron chi connectivity index (χ2n) is 4.15. The van der Waals surface area contributed by atoms with Crippen molar-refractivity contribution in [2.24, 2.45) is 0 Å². The molecule has 0 fully saturated rings. The third-order valence-electron chi connectivity index (χ3n) is 2.38.